The summed E-state index contributed by atoms with van der Waals surface area (Å²) in [5.41, 5.74) is -0.214. The topological polar surface area (TPSA) is 102 Å². The molecule has 126 valence electrons. The van der Waals surface area contributed by atoms with Crippen LogP contribution in [-0.4, -0.2) is 35.8 Å². The zero-order valence-electron chi connectivity index (χ0n) is 13.8. The maximum absolute atomic E-state index is 12.7. The van der Waals surface area contributed by atoms with Crippen LogP contribution in [-0.2, 0) is 15.1 Å². The maximum atomic E-state index is 12.7. The fraction of sp³-hybridized carbons (Fsp3) is 0.412. The van der Waals surface area contributed by atoms with E-state index in [-0.39, 0.29) is 12.5 Å². The van der Waals surface area contributed by atoms with Crippen LogP contribution in [0.2, 0.25) is 0 Å². The van der Waals surface area contributed by atoms with Gasteiger partial charge >= 0.3 is 6.03 Å². The average molecular weight is 328 g/mol. The fourth-order valence-corrected chi connectivity index (χ4v) is 2.52. The first-order chi connectivity index (χ1) is 11.4. The number of imide groups is 1. The van der Waals surface area contributed by atoms with Gasteiger partial charge in [0.15, 0.2) is 0 Å². The fourth-order valence-electron chi connectivity index (χ4n) is 2.52. The predicted molar refractivity (Wildman–Crippen MR) is 86.7 cm³/mol. The van der Waals surface area contributed by atoms with Gasteiger partial charge in [-0.1, -0.05) is 25.5 Å². The van der Waals surface area contributed by atoms with Gasteiger partial charge in [0.25, 0.3) is 5.91 Å². The number of hydrogen-bond donors (Lipinski definition) is 2. The first kappa shape index (κ1) is 17.5. The second kappa shape index (κ2) is 7.13. The molecule has 24 heavy (non-hydrogen) atoms. The summed E-state index contributed by atoms with van der Waals surface area (Å²) in [4.78, 5) is 37.6. The summed E-state index contributed by atoms with van der Waals surface area (Å²) < 4.78 is 0. The van der Waals surface area contributed by atoms with Gasteiger partial charge in [-0.05, 0) is 31.0 Å². The molecule has 0 bridgehead atoms. The number of hydrogen-bond acceptors (Lipinski definition) is 4. The Kier molecular flexibility index (Phi) is 5.19. The van der Waals surface area contributed by atoms with Crippen molar-refractivity contribution >= 4 is 17.8 Å². The zero-order valence-corrected chi connectivity index (χ0v) is 13.8. The van der Waals surface area contributed by atoms with Crippen LogP contribution in [0.4, 0.5) is 4.79 Å². The summed E-state index contributed by atoms with van der Waals surface area (Å²) in [6.45, 7) is 3.81. The van der Waals surface area contributed by atoms with Crippen molar-refractivity contribution in [2.75, 3.05) is 13.1 Å². The van der Waals surface area contributed by atoms with Crippen LogP contribution < -0.4 is 10.6 Å². The minimum atomic E-state index is -1.24. The second-order valence-electron chi connectivity index (χ2n) is 5.84. The number of urea groups is 1. The normalized spacial score (nSPS) is 19.8. The number of nitriles is 1. The van der Waals surface area contributed by atoms with Crippen LogP contribution >= 0.6 is 0 Å². The number of carbonyl (C=O) groups is 3. The number of nitrogens with one attached hydrogen (secondary N) is 2. The molecule has 0 saturated carbocycles. The molecule has 0 radical (unpaired) electrons. The largest absolute Gasteiger partial charge is 0.355 e. The lowest BCUT2D eigenvalue weighted by Gasteiger charge is -2.22. The summed E-state index contributed by atoms with van der Waals surface area (Å²) >= 11 is 0. The summed E-state index contributed by atoms with van der Waals surface area (Å²) in [6.07, 6.45) is 1.79. The van der Waals surface area contributed by atoms with Crippen LogP contribution in [0.15, 0.2) is 24.3 Å². The SMILES string of the molecule is CCCCNC(=O)CN1C(=O)NC(C)(c2ccc(C#N)cc2)C1=O. The molecule has 1 unspecified atom stereocenters. The average Bonchev–Trinajstić information content (AvgIpc) is 2.79. The van der Waals surface area contributed by atoms with E-state index in [2.05, 4.69) is 10.6 Å². The Balaban J connectivity index is 2.12. The molecule has 0 aromatic heterocycles. The van der Waals surface area contributed by atoms with Crippen molar-refractivity contribution in [2.24, 2.45) is 0 Å². The highest BCUT2D eigenvalue weighted by Gasteiger charge is 2.49. The Morgan fingerprint density at radius 2 is 2.00 bits per heavy atom. The van der Waals surface area contributed by atoms with Gasteiger partial charge in [0.2, 0.25) is 5.91 Å². The van der Waals surface area contributed by atoms with Gasteiger partial charge in [-0.15, -0.1) is 0 Å². The van der Waals surface area contributed by atoms with E-state index in [4.69, 9.17) is 5.26 Å². The van der Waals surface area contributed by atoms with Gasteiger partial charge in [0, 0.05) is 6.54 Å². The third-order valence-electron chi connectivity index (χ3n) is 4.02. The molecule has 2 rings (SSSR count). The molecule has 7 nitrogen and oxygen atoms in total. The zero-order chi connectivity index (χ0) is 17.7. The van der Waals surface area contributed by atoms with Gasteiger partial charge in [-0.2, -0.15) is 5.26 Å². The third-order valence-corrected chi connectivity index (χ3v) is 4.02. The molecule has 1 aromatic rings. The van der Waals surface area contributed by atoms with Crippen molar-refractivity contribution in [1.82, 2.24) is 15.5 Å². The molecule has 1 atom stereocenters. The summed E-state index contributed by atoms with van der Waals surface area (Å²) in [7, 11) is 0. The Morgan fingerprint density at radius 3 is 2.58 bits per heavy atom. The number of rotatable bonds is 6. The van der Waals surface area contributed by atoms with Gasteiger partial charge < -0.3 is 10.6 Å². The van der Waals surface area contributed by atoms with E-state index in [9.17, 15) is 14.4 Å². The quantitative estimate of drug-likeness (QED) is 0.606. The predicted octanol–water partition coefficient (Wildman–Crippen LogP) is 1.24. The molecule has 1 aliphatic heterocycles. The van der Waals surface area contributed by atoms with Gasteiger partial charge in [-0.25, -0.2) is 4.79 Å². The summed E-state index contributed by atoms with van der Waals surface area (Å²) in [6, 6.07) is 7.82. The van der Waals surface area contributed by atoms with Gasteiger partial charge in [0.05, 0.1) is 11.6 Å². The molecule has 0 aliphatic carbocycles. The first-order valence-electron chi connectivity index (χ1n) is 7.84. The Bertz CT molecular complexity index is 693. The smallest absolute Gasteiger partial charge is 0.325 e. The van der Waals surface area contributed by atoms with Gasteiger partial charge in [0.1, 0.15) is 12.1 Å². The van der Waals surface area contributed by atoms with Crippen molar-refractivity contribution in [1.29, 1.82) is 5.26 Å². The molecule has 1 heterocycles. The number of benzene rings is 1. The van der Waals surface area contributed by atoms with E-state index in [1.54, 1.807) is 31.2 Å². The molecular formula is C17H20N4O3. The van der Waals surface area contributed by atoms with Crippen molar-refractivity contribution < 1.29 is 14.4 Å². The van der Waals surface area contributed by atoms with E-state index in [1.807, 2.05) is 13.0 Å². The highest BCUT2D eigenvalue weighted by atomic mass is 16.2. The molecule has 2 N–H and O–H groups in total. The van der Waals surface area contributed by atoms with Crippen molar-refractivity contribution in [3.63, 3.8) is 0 Å². The second-order valence-corrected chi connectivity index (χ2v) is 5.84. The first-order valence-corrected chi connectivity index (χ1v) is 7.84. The molecule has 0 spiro atoms. The summed E-state index contributed by atoms with van der Waals surface area (Å²) in [5, 5.41) is 14.2. The molecule has 1 aliphatic rings. The molecule has 4 amide bonds. The van der Waals surface area contributed by atoms with E-state index in [0.717, 1.165) is 17.7 Å². The lowest BCUT2D eigenvalue weighted by molar-refractivity contribution is -0.134. The highest BCUT2D eigenvalue weighted by Crippen LogP contribution is 2.28. The number of unbranched alkanes of at least 4 members (excludes halogenated alkanes) is 1. The third kappa shape index (κ3) is 3.38. The van der Waals surface area contributed by atoms with Crippen LogP contribution in [0.5, 0.6) is 0 Å². The summed E-state index contributed by atoms with van der Waals surface area (Å²) in [5.74, 6) is -0.848. The molecule has 7 heteroatoms. The Labute approximate surface area is 140 Å². The van der Waals surface area contributed by atoms with E-state index < -0.39 is 17.5 Å². The molecule has 1 saturated heterocycles. The van der Waals surface area contributed by atoms with Crippen molar-refractivity contribution in [3.8, 4) is 6.07 Å². The van der Waals surface area contributed by atoms with Crippen LogP contribution in [0, 0.1) is 11.3 Å². The molecular weight excluding hydrogens is 308 g/mol. The Hall–Kier alpha value is -2.88. The van der Waals surface area contributed by atoms with E-state index in [0.29, 0.717) is 17.7 Å². The van der Waals surface area contributed by atoms with E-state index in [1.165, 1.54) is 0 Å². The highest BCUT2D eigenvalue weighted by molar-refractivity contribution is 6.09. The number of nitrogens with zero attached hydrogens (tertiary/aromatic N) is 2. The van der Waals surface area contributed by atoms with Crippen LogP contribution in [0.25, 0.3) is 0 Å². The molecule has 1 fully saturated rings. The number of amides is 4. The van der Waals surface area contributed by atoms with E-state index >= 15 is 0 Å². The number of carbonyl (C=O) groups excluding carboxylic acids is 3. The van der Waals surface area contributed by atoms with Gasteiger partial charge in [-0.3, -0.25) is 14.5 Å². The lowest BCUT2D eigenvalue weighted by Crippen LogP contribution is -2.43. The monoisotopic (exact) mass is 328 g/mol. The maximum Gasteiger partial charge on any atom is 0.325 e. The Morgan fingerprint density at radius 1 is 1.33 bits per heavy atom. The molecule has 1 aromatic carbocycles. The van der Waals surface area contributed by atoms with Crippen LogP contribution in [0.3, 0.4) is 0 Å². The van der Waals surface area contributed by atoms with Crippen molar-refractivity contribution in [3.05, 3.63) is 35.4 Å². The standard InChI is InChI=1S/C17H20N4O3/c1-3-4-9-19-14(22)11-21-15(23)17(2,20-16(21)24)13-7-5-12(10-18)6-8-13/h5-8H,3-4,9,11H2,1-2H3,(H,19,22)(H,20,24). The lowest BCUT2D eigenvalue weighted by atomic mass is 9.91. The minimum absolute atomic E-state index is 0.305. The van der Waals surface area contributed by atoms with Crippen molar-refractivity contribution in [2.45, 2.75) is 32.2 Å². The minimum Gasteiger partial charge on any atom is -0.355 e. The van der Waals surface area contributed by atoms with Crippen LogP contribution in [0.1, 0.15) is 37.8 Å².